The highest BCUT2D eigenvalue weighted by atomic mass is 32.1. The number of amides is 1. The molecule has 0 spiro atoms. The fourth-order valence-electron chi connectivity index (χ4n) is 2.54. The van der Waals surface area contributed by atoms with E-state index in [1.54, 1.807) is 13.8 Å². The van der Waals surface area contributed by atoms with E-state index < -0.39 is 5.97 Å². The number of hydrogen-bond acceptors (Lipinski definition) is 7. The lowest BCUT2D eigenvalue weighted by Crippen LogP contribution is -2.14. The van der Waals surface area contributed by atoms with Gasteiger partial charge < -0.3 is 4.74 Å². The topological polar surface area (TPSA) is 81.2 Å². The van der Waals surface area contributed by atoms with Crippen LogP contribution >= 0.6 is 22.7 Å². The Labute approximate surface area is 165 Å². The first kappa shape index (κ1) is 19.2. The van der Waals surface area contributed by atoms with Crippen LogP contribution in [-0.4, -0.2) is 28.5 Å². The molecule has 0 fully saturated rings. The summed E-state index contributed by atoms with van der Waals surface area (Å²) in [6.07, 6.45) is 0.639. The van der Waals surface area contributed by atoms with Crippen molar-refractivity contribution in [3.8, 4) is 0 Å². The second-order valence-corrected chi connectivity index (χ2v) is 8.06. The zero-order chi connectivity index (χ0) is 19.4. The monoisotopic (exact) mass is 401 g/mol. The molecule has 1 amide bonds. The van der Waals surface area contributed by atoms with E-state index in [0.29, 0.717) is 34.4 Å². The van der Waals surface area contributed by atoms with Gasteiger partial charge in [0, 0.05) is 11.3 Å². The lowest BCUT2D eigenvalue weighted by molar-refractivity contribution is 0.0531. The van der Waals surface area contributed by atoms with E-state index in [2.05, 4.69) is 15.3 Å². The van der Waals surface area contributed by atoms with Crippen molar-refractivity contribution in [2.75, 3.05) is 11.9 Å². The van der Waals surface area contributed by atoms with Crippen LogP contribution < -0.4 is 5.32 Å². The van der Waals surface area contributed by atoms with Gasteiger partial charge in [0.2, 0.25) is 0 Å². The summed E-state index contributed by atoms with van der Waals surface area (Å²) >= 11 is 2.61. The van der Waals surface area contributed by atoms with Crippen LogP contribution in [0.2, 0.25) is 0 Å². The third-order valence-corrected chi connectivity index (χ3v) is 5.73. The summed E-state index contributed by atoms with van der Waals surface area (Å²) in [4.78, 5) is 34.6. The molecule has 8 heteroatoms. The molecule has 1 aromatic carbocycles. The van der Waals surface area contributed by atoms with E-state index in [0.717, 1.165) is 26.8 Å². The average Bonchev–Trinajstić information content (AvgIpc) is 3.18. The van der Waals surface area contributed by atoms with Crippen molar-refractivity contribution in [1.82, 2.24) is 9.97 Å². The number of ether oxygens (including phenoxy) is 1. The number of nitrogens with zero attached hydrogens (tertiary/aromatic N) is 2. The molecule has 2 aromatic heterocycles. The summed E-state index contributed by atoms with van der Waals surface area (Å²) in [6, 6.07) is 9.94. The van der Waals surface area contributed by atoms with Crippen molar-refractivity contribution in [2.45, 2.75) is 27.2 Å². The Hall–Kier alpha value is -2.58. The van der Waals surface area contributed by atoms with E-state index in [-0.39, 0.29) is 5.91 Å². The first-order chi connectivity index (χ1) is 13.0. The van der Waals surface area contributed by atoms with E-state index >= 15 is 0 Å². The molecule has 1 N–H and O–H groups in total. The summed E-state index contributed by atoms with van der Waals surface area (Å²) in [5.41, 5.74) is 2.05. The Bertz CT molecular complexity index is 964. The number of aryl methyl sites for hydroxylation is 2. The minimum atomic E-state index is -0.428. The second kappa shape index (κ2) is 8.41. The van der Waals surface area contributed by atoms with Crippen molar-refractivity contribution in [3.05, 3.63) is 62.0 Å². The molecule has 2 heterocycles. The van der Waals surface area contributed by atoms with E-state index in [1.807, 2.05) is 37.3 Å². The second-order valence-electron chi connectivity index (χ2n) is 5.78. The molecule has 0 aliphatic rings. The molecule has 27 heavy (non-hydrogen) atoms. The zero-order valence-electron chi connectivity index (χ0n) is 15.2. The third-order valence-electron chi connectivity index (χ3n) is 3.70. The predicted molar refractivity (Wildman–Crippen MR) is 107 cm³/mol. The van der Waals surface area contributed by atoms with Crippen molar-refractivity contribution >= 4 is 39.7 Å². The molecule has 0 radical (unpaired) electrons. The van der Waals surface area contributed by atoms with Gasteiger partial charge in [-0.1, -0.05) is 41.7 Å². The molecular weight excluding hydrogens is 382 g/mol. The van der Waals surface area contributed by atoms with Crippen LogP contribution in [0, 0.1) is 13.8 Å². The number of benzene rings is 1. The van der Waals surface area contributed by atoms with Crippen LogP contribution in [-0.2, 0) is 11.2 Å². The van der Waals surface area contributed by atoms with Crippen LogP contribution in [0.5, 0.6) is 0 Å². The first-order valence-electron chi connectivity index (χ1n) is 8.44. The maximum absolute atomic E-state index is 12.7. The zero-order valence-corrected chi connectivity index (χ0v) is 16.9. The van der Waals surface area contributed by atoms with Crippen LogP contribution in [0.1, 0.15) is 48.2 Å². The molecule has 0 saturated heterocycles. The van der Waals surface area contributed by atoms with Gasteiger partial charge in [0.05, 0.1) is 17.3 Å². The van der Waals surface area contributed by atoms with Gasteiger partial charge in [0.1, 0.15) is 10.6 Å². The number of carbonyl (C=O) groups excluding carboxylic acids is 2. The van der Waals surface area contributed by atoms with Gasteiger partial charge in [-0.25, -0.2) is 14.8 Å². The Kier molecular flexibility index (Phi) is 5.98. The Morgan fingerprint density at radius 2 is 1.85 bits per heavy atom. The van der Waals surface area contributed by atoms with Gasteiger partial charge in [-0.15, -0.1) is 11.3 Å². The van der Waals surface area contributed by atoms with E-state index in [9.17, 15) is 9.59 Å². The van der Waals surface area contributed by atoms with E-state index in [1.165, 1.54) is 11.3 Å². The van der Waals surface area contributed by atoms with Gasteiger partial charge in [-0.2, -0.15) is 0 Å². The molecule has 0 unspecified atom stereocenters. The summed E-state index contributed by atoms with van der Waals surface area (Å²) in [5.74, 6) is -0.753. The fraction of sp³-hybridized carbons (Fsp3) is 0.263. The molecule has 3 rings (SSSR count). The Morgan fingerprint density at radius 3 is 2.56 bits per heavy atom. The van der Waals surface area contributed by atoms with Crippen molar-refractivity contribution in [3.63, 3.8) is 0 Å². The van der Waals surface area contributed by atoms with Gasteiger partial charge in [0.25, 0.3) is 5.91 Å². The highest BCUT2D eigenvalue weighted by molar-refractivity contribution is 7.17. The molecule has 0 bridgehead atoms. The molecule has 3 aromatic rings. The number of carbonyl (C=O) groups is 2. The van der Waals surface area contributed by atoms with E-state index in [4.69, 9.17) is 4.74 Å². The summed E-state index contributed by atoms with van der Waals surface area (Å²) in [5, 5.41) is 3.95. The quantitative estimate of drug-likeness (QED) is 0.625. The largest absolute Gasteiger partial charge is 0.462 e. The van der Waals surface area contributed by atoms with Gasteiger partial charge >= 0.3 is 5.97 Å². The maximum atomic E-state index is 12.7. The smallest absolute Gasteiger partial charge is 0.350 e. The van der Waals surface area contributed by atoms with Crippen LogP contribution in [0.3, 0.4) is 0 Å². The molecule has 0 atom stereocenters. The lowest BCUT2D eigenvalue weighted by Gasteiger charge is -2.03. The number of aromatic nitrogens is 2. The average molecular weight is 402 g/mol. The Morgan fingerprint density at radius 1 is 1.11 bits per heavy atom. The van der Waals surface area contributed by atoms with Crippen molar-refractivity contribution < 1.29 is 14.3 Å². The van der Waals surface area contributed by atoms with Crippen LogP contribution in [0.15, 0.2) is 30.3 Å². The lowest BCUT2D eigenvalue weighted by atomic mass is 10.1. The highest BCUT2D eigenvalue weighted by Crippen LogP contribution is 2.26. The molecule has 0 saturated carbocycles. The van der Waals surface area contributed by atoms with Crippen LogP contribution in [0.4, 0.5) is 5.13 Å². The normalized spacial score (nSPS) is 10.6. The first-order valence-corrected chi connectivity index (χ1v) is 10.1. The molecular formula is C19H19N3O3S2. The standard InChI is InChI=1S/C19H19N3O3S2/c1-4-25-18(24)16-11(2)20-19(27-16)22-17(23)15-14(26-12(3)21-15)10-13-8-6-5-7-9-13/h5-9H,4,10H2,1-3H3,(H,20,22,23). The number of thiazole rings is 2. The molecule has 140 valence electrons. The summed E-state index contributed by atoms with van der Waals surface area (Å²) in [6.45, 7) is 5.63. The van der Waals surface area contributed by atoms with Crippen LogP contribution in [0.25, 0.3) is 0 Å². The number of rotatable bonds is 6. The molecule has 0 aliphatic carbocycles. The Balaban J connectivity index is 1.79. The number of hydrogen-bond donors (Lipinski definition) is 1. The fourth-order valence-corrected chi connectivity index (χ4v) is 4.36. The SMILES string of the molecule is CCOC(=O)c1sc(NC(=O)c2nc(C)sc2Cc2ccccc2)nc1C. The van der Waals surface area contributed by atoms with Gasteiger partial charge in [0.15, 0.2) is 5.13 Å². The number of anilines is 1. The third kappa shape index (κ3) is 4.58. The number of esters is 1. The van der Waals surface area contributed by atoms with Crippen molar-refractivity contribution in [1.29, 1.82) is 0 Å². The van der Waals surface area contributed by atoms with Gasteiger partial charge in [-0.3, -0.25) is 10.1 Å². The highest BCUT2D eigenvalue weighted by Gasteiger charge is 2.21. The summed E-state index contributed by atoms with van der Waals surface area (Å²) in [7, 11) is 0. The predicted octanol–water partition coefficient (Wildman–Crippen LogP) is 4.24. The molecule has 0 aliphatic heterocycles. The van der Waals surface area contributed by atoms with Crippen molar-refractivity contribution in [2.24, 2.45) is 0 Å². The minimum absolute atomic E-state index is 0.290. The maximum Gasteiger partial charge on any atom is 0.350 e. The number of nitrogens with one attached hydrogen (secondary N) is 1. The van der Waals surface area contributed by atoms with Gasteiger partial charge in [-0.05, 0) is 26.3 Å². The minimum Gasteiger partial charge on any atom is -0.462 e. The molecule has 6 nitrogen and oxygen atoms in total. The summed E-state index contributed by atoms with van der Waals surface area (Å²) < 4.78 is 5.01.